The lowest BCUT2D eigenvalue weighted by Gasteiger charge is -1.94. The normalized spacial score (nSPS) is 21.7. The predicted molar refractivity (Wildman–Crippen MR) is 32.5 cm³/mol. The van der Waals surface area contributed by atoms with Gasteiger partial charge in [-0.2, -0.15) is 4.83 Å². The highest BCUT2D eigenvalue weighted by atomic mass is 32.2. The van der Waals surface area contributed by atoms with Gasteiger partial charge in [-0.1, -0.05) is 6.08 Å². The molecule has 2 nitrogen and oxygen atoms in total. The molecule has 0 fully saturated rings. The Balaban J connectivity index is 2.20. The van der Waals surface area contributed by atoms with Crippen LogP contribution in [0.15, 0.2) is 11.5 Å². The molecular weight excluding hydrogens is 108 g/mol. The van der Waals surface area contributed by atoms with E-state index in [0.29, 0.717) is 0 Å². The summed E-state index contributed by atoms with van der Waals surface area (Å²) in [5.74, 6) is 0. The summed E-state index contributed by atoms with van der Waals surface area (Å²) in [7, 11) is 0. The van der Waals surface area contributed by atoms with Gasteiger partial charge in [-0.25, -0.2) is 5.43 Å². The van der Waals surface area contributed by atoms with Crippen LogP contribution >= 0.6 is 11.9 Å². The quantitative estimate of drug-likeness (QED) is 0.454. The van der Waals surface area contributed by atoms with Crippen LogP contribution in [0.1, 0.15) is 6.42 Å². The van der Waals surface area contributed by atoms with Gasteiger partial charge in [0.05, 0.1) is 0 Å². The molecule has 0 aromatic heterocycles. The van der Waals surface area contributed by atoms with Gasteiger partial charge in [0, 0.05) is 6.54 Å². The Kier molecular flexibility index (Phi) is 2.26. The molecular formula is C4H8N2S. The molecule has 1 rings (SSSR count). The van der Waals surface area contributed by atoms with Crippen LogP contribution in [0, 0.1) is 0 Å². The average Bonchev–Trinajstić information content (AvgIpc) is 1.90. The van der Waals surface area contributed by atoms with Gasteiger partial charge < -0.3 is 0 Å². The molecule has 0 amide bonds. The van der Waals surface area contributed by atoms with Gasteiger partial charge >= 0.3 is 0 Å². The second kappa shape index (κ2) is 3.07. The van der Waals surface area contributed by atoms with Crippen molar-refractivity contribution in [1.82, 2.24) is 10.3 Å². The van der Waals surface area contributed by atoms with Crippen molar-refractivity contribution in [3.8, 4) is 0 Å². The maximum absolute atomic E-state index is 3.00. The Morgan fingerprint density at radius 3 is 3.57 bits per heavy atom. The van der Waals surface area contributed by atoms with E-state index < -0.39 is 0 Å². The highest BCUT2D eigenvalue weighted by Gasteiger charge is 1.85. The summed E-state index contributed by atoms with van der Waals surface area (Å²) < 4.78 is 0. The summed E-state index contributed by atoms with van der Waals surface area (Å²) in [6, 6.07) is 0. The van der Waals surface area contributed by atoms with E-state index in [4.69, 9.17) is 0 Å². The first-order valence-corrected chi connectivity index (χ1v) is 3.16. The van der Waals surface area contributed by atoms with Gasteiger partial charge in [0.25, 0.3) is 0 Å². The predicted octanol–water partition coefficient (Wildman–Crippen LogP) is 0.646. The highest BCUT2D eigenvalue weighted by Crippen LogP contribution is 1.97. The minimum Gasteiger partial charge on any atom is -0.247 e. The van der Waals surface area contributed by atoms with Crippen molar-refractivity contribution in [1.29, 1.82) is 0 Å². The van der Waals surface area contributed by atoms with Crippen LogP contribution in [0.25, 0.3) is 0 Å². The highest BCUT2D eigenvalue weighted by molar-refractivity contribution is 8.00. The van der Waals surface area contributed by atoms with Crippen molar-refractivity contribution >= 4 is 11.9 Å². The van der Waals surface area contributed by atoms with E-state index in [2.05, 4.69) is 16.3 Å². The minimum atomic E-state index is 1.03. The Bertz CT molecular complexity index is 64.1. The molecule has 0 aromatic carbocycles. The van der Waals surface area contributed by atoms with Crippen molar-refractivity contribution in [2.75, 3.05) is 6.54 Å². The molecule has 0 aliphatic carbocycles. The molecule has 0 spiro atoms. The van der Waals surface area contributed by atoms with E-state index in [1.165, 1.54) is 0 Å². The second-order valence-electron chi connectivity index (χ2n) is 1.31. The number of rotatable bonds is 0. The lowest BCUT2D eigenvalue weighted by atomic mass is 10.4. The molecule has 1 aliphatic rings. The van der Waals surface area contributed by atoms with Gasteiger partial charge in [0.1, 0.15) is 0 Å². The molecule has 0 atom stereocenters. The van der Waals surface area contributed by atoms with Gasteiger partial charge in [0.15, 0.2) is 0 Å². The largest absolute Gasteiger partial charge is 0.247 e. The molecule has 0 bridgehead atoms. The third kappa shape index (κ3) is 1.97. The maximum atomic E-state index is 3.00. The standard InChI is InChI=1S/C4H8N2S/c1-2-4-7-6-5-3-1/h2,4-6H,1,3H2. The van der Waals surface area contributed by atoms with Gasteiger partial charge in [0.2, 0.25) is 0 Å². The first kappa shape index (κ1) is 5.15. The summed E-state index contributed by atoms with van der Waals surface area (Å²) in [6.45, 7) is 1.03. The van der Waals surface area contributed by atoms with Crippen LogP contribution in [0.4, 0.5) is 0 Å². The number of hydrogen-bond donors (Lipinski definition) is 2. The van der Waals surface area contributed by atoms with Crippen molar-refractivity contribution in [2.45, 2.75) is 6.42 Å². The maximum Gasteiger partial charge on any atom is 0.0144 e. The molecule has 1 aliphatic heterocycles. The molecule has 7 heavy (non-hydrogen) atoms. The summed E-state index contributed by atoms with van der Waals surface area (Å²) in [5, 5.41) is 2.04. The SMILES string of the molecule is C1=CSNNCC1. The summed E-state index contributed by atoms with van der Waals surface area (Å²) in [4.78, 5) is 2.93. The molecule has 0 saturated heterocycles. The smallest absolute Gasteiger partial charge is 0.0144 e. The fourth-order valence-electron chi connectivity index (χ4n) is 0.398. The van der Waals surface area contributed by atoms with E-state index in [1.54, 1.807) is 11.9 Å². The zero-order chi connectivity index (χ0) is 4.95. The van der Waals surface area contributed by atoms with Gasteiger partial charge in [-0.3, -0.25) is 0 Å². The number of hydrogen-bond acceptors (Lipinski definition) is 3. The first-order chi connectivity index (χ1) is 3.50. The Hall–Kier alpha value is 0.01000. The van der Waals surface area contributed by atoms with Crippen molar-refractivity contribution in [3.05, 3.63) is 11.5 Å². The van der Waals surface area contributed by atoms with Crippen LogP contribution in [0.5, 0.6) is 0 Å². The molecule has 0 radical (unpaired) electrons. The van der Waals surface area contributed by atoms with Gasteiger partial charge in [-0.15, -0.1) is 0 Å². The molecule has 0 unspecified atom stereocenters. The molecule has 1 heterocycles. The third-order valence-electron chi connectivity index (χ3n) is 0.731. The van der Waals surface area contributed by atoms with Gasteiger partial charge in [-0.05, 0) is 23.8 Å². The first-order valence-electron chi connectivity index (χ1n) is 2.28. The van der Waals surface area contributed by atoms with Crippen LogP contribution < -0.4 is 10.3 Å². The zero-order valence-corrected chi connectivity index (χ0v) is 4.79. The van der Waals surface area contributed by atoms with Crippen LogP contribution in [0.2, 0.25) is 0 Å². The Labute approximate surface area is 47.5 Å². The van der Waals surface area contributed by atoms with E-state index >= 15 is 0 Å². The molecule has 2 N–H and O–H groups in total. The van der Waals surface area contributed by atoms with E-state index in [9.17, 15) is 0 Å². The topological polar surface area (TPSA) is 24.1 Å². The molecule has 3 heteroatoms. The number of hydrazine groups is 1. The van der Waals surface area contributed by atoms with E-state index in [0.717, 1.165) is 13.0 Å². The zero-order valence-electron chi connectivity index (χ0n) is 3.98. The fraction of sp³-hybridized carbons (Fsp3) is 0.500. The average molecular weight is 116 g/mol. The minimum absolute atomic E-state index is 1.03. The van der Waals surface area contributed by atoms with Crippen molar-refractivity contribution in [2.24, 2.45) is 0 Å². The van der Waals surface area contributed by atoms with Crippen molar-refractivity contribution < 1.29 is 0 Å². The number of nitrogens with one attached hydrogen (secondary N) is 2. The molecule has 40 valence electrons. The monoisotopic (exact) mass is 116 g/mol. The van der Waals surface area contributed by atoms with E-state index in [1.807, 2.05) is 5.41 Å². The third-order valence-corrected chi connectivity index (χ3v) is 1.32. The molecule has 0 saturated carbocycles. The second-order valence-corrected chi connectivity index (χ2v) is 2.02. The van der Waals surface area contributed by atoms with Crippen LogP contribution in [-0.2, 0) is 0 Å². The lowest BCUT2D eigenvalue weighted by molar-refractivity contribution is 0.695. The summed E-state index contributed by atoms with van der Waals surface area (Å²) >= 11 is 1.57. The fourth-order valence-corrected chi connectivity index (χ4v) is 0.884. The Morgan fingerprint density at radius 2 is 2.57 bits per heavy atom. The van der Waals surface area contributed by atoms with Crippen molar-refractivity contribution in [3.63, 3.8) is 0 Å². The summed E-state index contributed by atoms with van der Waals surface area (Å²) in [6.07, 6.45) is 3.26. The Morgan fingerprint density at radius 1 is 1.57 bits per heavy atom. The van der Waals surface area contributed by atoms with E-state index in [-0.39, 0.29) is 0 Å². The summed E-state index contributed by atoms with van der Waals surface area (Å²) in [5.41, 5.74) is 3.00. The van der Waals surface area contributed by atoms with Crippen LogP contribution in [-0.4, -0.2) is 6.54 Å². The lowest BCUT2D eigenvalue weighted by Crippen LogP contribution is -2.24. The molecule has 0 aromatic rings. The van der Waals surface area contributed by atoms with Crippen LogP contribution in [0.3, 0.4) is 0 Å².